The van der Waals surface area contributed by atoms with E-state index in [1.807, 2.05) is 0 Å². The van der Waals surface area contributed by atoms with Crippen molar-refractivity contribution in [1.82, 2.24) is 20.9 Å². The Morgan fingerprint density at radius 2 is 1.81 bits per heavy atom. The summed E-state index contributed by atoms with van der Waals surface area (Å²) in [6.45, 7) is 2.56. The first-order chi connectivity index (χ1) is 12.2. The fourth-order valence-electron chi connectivity index (χ4n) is 2.50. The highest BCUT2D eigenvalue weighted by Gasteiger charge is 2.34. The molecule has 146 valence electrons. The summed E-state index contributed by atoms with van der Waals surface area (Å²) in [5, 5.41) is 15.7. The van der Waals surface area contributed by atoms with Crippen molar-refractivity contribution in [2.75, 3.05) is 19.6 Å². The molecule has 0 spiro atoms. The van der Waals surface area contributed by atoms with Gasteiger partial charge in [-0.2, -0.15) is 0 Å². The summed E-state index contributed by atoms with van der Waals surface area (Å²) in [5.41, 5.74) is 5.32. The molecule has 1 saturated heterocycles. The molecule has 0 radical (unpaired) electrons. The van der Waals surface area contributed by atoms with Crippen LogP contribution in [-0.4, -0.2) is 77.4 Å². The van der Waals surface area contributed by atoms with Crippen molar-refractivity contribution in [2.45, 2.75) is 44.8 Å². The third kappa shape index (κ3) is 5.99. The van der Waals surface area contributed by atoms with E-state index in [9.17, 15) is 24.0 Å². The van der Waals surface area contributed by atoms with Crippen LogP contribution in [0, 0.1) is 0 Å². The molecule has 1 aliphatic heterocycles. The van der Waals surface area contributed by atoms with Crippen LogP contribution in [0.5, 0.6) is 0 Å². The normalized spacial score (nSPS) is 18.6. The molecule has 6 N–H and O–H groups in total. The van der Waals surface area contributed by atoms with Gasteiger partial charge in [0.1, 0.15) is 18.1 Å². The zero-order valence-corrected chi connectivity index (χ0v) is 14.8. The third-order valence-electron chi connectivity index (χ3n) is 3.97. The number of rotatable bonds is 8. The summed E-state index contributed by atoms with van der Waals surface area (Å²) in [7, 11) is 0. The number of nitrogens with one attached hydrogen (secondary N) is 3. The Balaban J connectivity index is 2.46. The number of nitrogens with zero attached hydrogens (tertiary/aromatic N) is 1. The lowest BCUT2D eigenvalue weighted by molar-refractivity contribution is -0.141. The second-order valence-electron chi connectivity index (χ2n) is 6.02. The van der Waals surface area contributed by atoms with Gasteiger partial charge in [0.2, 0.25) is 23.6 Å². The molecule has 1 fully saturated rings. The third-order valence-corrected chi connectivity index (χ3v) is 3.97. The van der Waals surface area contributed by atoms with Gasteiger partial charge in [0.15, 0.2) is 0 Å². The van der Waals surface area contributed by atoms with Crippen LogP contribution in [0.3, 0.4) is 0 Å². The molecule has 0 aliphatic carbocycles. The number of carboxylic acids is 1. The lowest BCUT2D eigenvalue weighted by atomic mass is 10.2. The summed E-state index contributed by atoms with van der Waals surface area (Å²) >= 11 is 0. The van der Waals surface area contributed by atoms with Crippen LogP contribution in [0.15, 0.2) is 0 Å². The minimum Gasteiger partial charge on any atom is -0.480 e. The molecule has 3 atom stereocenters. The molecule has 0 aromatic carbocycles. The molecule has 0 aromatic heterocycles. The summed E-state index contributed by atoms with van der Waals surface area (Å²) in [5.74, 6) is -3.26. The number of aliphatic carboxylic acids is 1. The number of hydrogen-bond acceptors (Lipinski definition) is 6. The predicted octanol–water partition coefficient (Wildman–Crippen LogP) is -2.85. The van der Waals surface area contributed by atoms with Crippen molar-refractivity contribution in [2.24, 2.45) is 5.73 Å². The first-order valence-corrected chi connectivity index (χ1v) is 8.27. The molecule has 0 bridgehead atoms. The molecule has 0 unspecified atom stereocenters. The quantitative estimate of drug-likeness (QED) is 0.305. The zero-order valence-electron chi connectivity index (χ0n) is 14.8. The topological polar surface area (TPSA) is 171 Å². The van der Waals surface area contributed by atoms with E-state index in [2.05, 4.69) is 16.0 Å². The molecule has 1 heterocycles. The van der Waals surface area contributed by atoms with Gasteiger partial charge < -0.3 is 31.7 Å². The van der Waals surface area contributed by atoms with E-state index in [1.165, 1.54) is 18.7 Å². The van der Waals surface area contributed by atoms with Gasteiger partial charge in [-0.25, -0.2) is 0 Å². The molecule has 0 saturated carbocycles. The lowest BCUT2D eigenvalue weighted by Crippen LogP contribution is -2.53. The number of carbonyl (C=O) groups is 5. The van der Waals surface area contributed by atoms with Crippen molar-refractivity contribution in [1.29, 1.82) is 0 Å². The van der Waals surface area contributed by atoms with Crippen LogP contribution in [0.4, 0.5) is 0 Å². The SMILES string of the molecule is C[C@H](NC(=O)CNC(=O)[C@H](C)NC(=O)[C@@H]1CCCN1C(=O)CN)C(=O)O. The Morgan fingerprint density at radius 1 is 1.15 bits per heavy atom. The standard InChI is InChI=1S/C15H25N5O6/c1-8(13(23)17-7-11(21)18-9(2)15(25)26)19-14(24)10-4-3-5-20(10)12(22)6-16/h8-10H,3-7,16H2,1-2H3,(H,17,23)(H,18,21)(H,19,24)(H,25,26)/t8-,9-,10-/m0/s1. The Bertz CT molecular complexity index is 581. The first kappa shape index (κ1) is 21.4. The monoisotopic (exact) mass is 371 g/mol. The van der Waals surface area contributed by atoms with Gasteiger partial charge in [-0.3, -0.25) is 24.0 Å². The molecule has 26 heavy (non-hydrogen) atoms. The Labute approximate surface area is 150 Å². The largest absolute Gasteiger partial charge is 0.480 e. The average Bonchev–Trinajstić information content (AvgIpc) is 3.08. The smallest absolute Gasteiger partial charge is 0.325 e. The van der Waals surface area contributed by atoms with Gasteiger partial charge in [0.25, 0.3) is 0 Å². The number of hydrogen-bond donors (Lipinski definition) is 5. The number of amides is 4. The molecule has 11 heteroatoms. The summed E-state index contributed by atoms with van der Waals surface area (Å²) in [6, 6.07) is -2.67. The predicted molar refractivity (Wildman–Crippen MR) is 89.6 cm³/mol. The molecule has 1 aliphatic rings. The van der Waals surface area contributed by atoms with Gasteiger partial charge in [-0.1, -0.05) is 0 Å². The average molecular weight is 371 g/mol. The van der Waals surface area contributed by atoms with Gasteiger partial charge >= 0.3 is 5.97 Å². The van der Waals surface area contributed by atoms with Crippen LogP contribution in [0.25, 0.3) is 0 Å². The Hall–Kier alpha value is -2.69. The fraction of sp³-hybridized carbons (Fsp3) is 0.667. The van der Waals surface area contributed by atoms with Crippen LogP contribution >= 0.6 is 0 Å². The lowest BCUT2D eigenvalue weighted by Gasteiger charge is -2.24. The zero-order chi connectivity index (χ0) is 19.9. The fourth-order valence-corrected chi connectivity index (χ4v) is 2.50. The van der Waals surface area contributed by atoms with Crippen molar-refractivity contribution in [3.63, 3.8) is 0 Å². The van der Waals surface area contributed by atoms with Gasteiger partial charge in [0.05, 0.1) is 13.1 Å². The molecule has 1 rings (SSSR count). The Kier molecular flexibility index (Phi) is 7.97. The van der Waals surface area contributed by atoms with Crippen molar-refractivity contribution in [3.8, 4) is 0 Å². The van der Waals surface area contributed by atoms with E-state index in [-0.39, 0.29) is 12.5 Å². The van der Waals surface area contributed by atoms with Crippen LogP contribution in [0.1, 0.15) is 26.7 Å². The van der Waals surface area contributed by atoms with E-state index >= 15 is 0 Å². The van der Waals surface area contributed by atoms with E-state index < -0.39 is 48.4 Å². The minimum absolute atomic E-state index is 0.191. The second kappa shape index (κ2) is 9.70. The van der Waals surface area contributed by atoms with E-state index in [1.54, 1.807) is 0 Å². The molecule has 0 aromatic rings. The molecule has 4 amide bonds. The minimum atomic E-state index is -1.20. The van der Waals surface area contributed by atoms with Gasteiger partial charge in [-0.15, -0.1) is 0 Å². The van der Waals surface area contributed by atoms with Crippen LogP contribution in [-0.2, 0) is 24.0 Å². The van der Waals surface area contributed by atoms with Crippen molar-refractivity contribution < 1.29 is 29.1 Å². The van der Waals surface area contributed by atoms with Crippen molar-refractivity contribution in [3.05, 3.63) is 0 Å². The Morgan fingerprint density at radius 3 is 2.38 bits per heavy atom. The number of carbonyl (C=O) groups excluding carboxylic acids is 4. The van der Waals surface area contributed by atoms with Gasteiger partial charge in [0, 0.05) is 6.54 Å². The van der Waals surface area contributed by atoms with E-state index in [0.717, 1.165) is 0 Å². The van der Waals surface area contributed by atoms with E-state index in [0.29, 0.717) is 19.4 Å². The second-order valence-corrected chi connectivity index (χ2v) is 6.02. The highest BCUT2D eigenvalue weighted by Crippen LogP contribution is 2.17. The summed E-state index contributed by atoms with van der Waals surface area (Å²) in [6.07, 6.45) is 1.16. The number of likely N-dealkylation sites (tertiary alicyclic amines) is 1. The maximum Gasteiger partial charge on any atom is 0.325 e. The molecule has 11 nitrogen and oxygen atoms in total. The molecular formula is C15H25N5O6. The van der Waals surface area contributed by atoms with Crippen LogP contribution < -0.4 is 21.7 Å². The van der Waals surface area contributed by atoms with Crippen LogP contribution in [0.2, 0.25) is 0 Å². The highest BCUT2D eigenvalue weighted by atomic mass is 16.4. The summed E-state index contributed by atoms with van der Waals surface area (Å²) < 4.78 is 0. The van der Waals surface area contributed by atoms with Crippen molar-refractivity contribution >= 4 is 29.6 Å². The van der Waals surface area contributed by atoms with Gasteiger partial charge in [-0.05, 0) is 26.7 Å². The summed E-state index contributed by atoms with van der Waals surface area (Å²) in [4.78, 5) is 59.5. The molecular weight excluding hydrogens is 346 g/mol. The highest BCUT2D eigenvalue weighted by molar-refractivity contribution is 5.94. The maximum absolute atomic E-state index is 12.3. The van der Waals surface area contributed by atoms with E-state index in [4.69, 9.17) is 10.8 Å². The number of carboxylic acid groups (broad SMARTS) is 1. The first-order valence-electron chi connectivity index (χ1n) is 8.27. The number of nitrogens with two attached hydrogens (primary N) is 1. The maximum atomic E-state index is 12.3.